The summed E-state index contributed by atoms with van der Waals surface area (Å²) >= 11 is 1.34. The molecular formula is C14H19NO4S2. The van der Waals surface area contributed by atoms with E-state index < -0.39 is 15.9 Å². The van der Waals surface area contributed by atoms with Crippen molar-refractivity contribution in [1.29, 1.82) is 0 Å². The summed E-state index contributed by atoms with van der Waals surface area (Å²) in [5.41, 5.74) is 0.826. The van der Waals surface area contributed by atoms with Gasteiger partial charge in [0.25, 0.3) is 0 Å². The molecule has 1 aliphatic rings. The Morgan fingerprint density at radius 3 is 2.71 bits per heavy atom. The number of sulfone groups is 1. The highest BCUT2D eigenvalue weighted by Crippen LogP contribution is 2.18. The number of carbonyl (C=O) groups is 1. The molecule has 7 heteroatoms. The molecule has 2 rings (SSSR count). The van der Waals surface area contributed by atoms with Gasteiger partial charge in [-0.3, -0.25) is 4.79 Å². The number of benzene rings is 1. The number of hydrogen-bond donors (Lipinski definition) is 2. The Balaban J connectivity index is 1.68. The first-order valence-electron chi connectivity index (χ1n) is 6.77. The van der Waals surface area contributed by atoms with Gasteiger partial charge in [0.2, 0.25) is 5.91 Å². The molecule has 1 aliphatic heterocycles. The average Bonchev–Trinajstić information content (AvgIpc) is 2.78. The number of thioether (sulfide) groups is 1. The standard InChI is InChI=1S/C14H19NO4S2/c16-13(11-4-2-1-3-5-11)8-20-9-14(17)15-12-6-7-21(18,19)10-12/h1-5,12-13,16H,6-10H2,(H,15,17)/t12-,13-/m1/s1. The zero-order valence-corrected chi connectivity index (χ0v) is 13.2. The van der Waals surface area contributed by atoms with E-state index in [9.17, 15) is 18.3 Å². The van der Waals surface area contributed by atoms with Crippen molar-refractivity contribution in [1.82, 2.24) is 5.32 Å². The first kappa shape index (κ1) is 16.3. The topological polar surface area (TPSA) is 83.5 Å². The Labute approximate surface area is 129 Å². The second-order valence-electron chi connectivity index (χ2n) is 5.11. The van der Waals surface area contributed by atoms with Crippen LogP contribution >= 0.6 is 11.8 Å². The molecule has 0 unspecified atom stereocenters. The zero-order chi connectivity index (χ0) is 15.3. The van der Waals surface area contributed by atoms with E-state index in [1.807, 2.05) is 30.3 Å². The quantitative estimate of drug-likeness (QED) is 0.805. The summed E-state index contributed by atoms with van der Waals surface area (Å²) in [5.74, 6) is 0.664. The fourth-order valence-electron chi connectivity index (χ4n) is 2.21. The predicted molar refractivity (Wildman–Crippen MR) is 83.9 cm³/mol. The molecular weight excluding hydrogens is 310 g/mol. The van der Waals surface area contributed by atoms with Gasteiger partial charge in [0.15, 0.2) is 9.84 Å². The van der Waals surface area contributed by atoms with Crippen molar-refractivity contribution >= 4 is 27.5 Å². The Kier molecular flexibility index (Phi) is 5.66. The first-order valence-corrected chi connectivity index (χ1v) is 9.74. The van der Waals surface area contributed by atoms with Crippen LogP contribution in [-0.4, -0.2) is 48.5 Å². The molecule has 21 heavy (non-hydrogen) atoms. The molecule has 1 aromatic rings. The second-order valence-corrected chi connectivity index (χ2v) is 8.37. The number of aliphatic hydroxyl groups excluding tert-OH is 1. The molecule has 0 spiro atoms. The lowest BCUT2D eigenvalue weighted by atomic mass is 10.1. The number of aliphatic hydroxyl groups is 1. The van der Waals surface area contributed by atoms with Crippen molar-refractivity contribution < 1.29 is 18.3 Å². The van der Waals surface area contributed by atoms with Crippen molar-refractivity contribution in [3.63, 3.8) is 0 Å². The molecule has 2 N–H and O–H groups in total. The number of rotatable bonds is 6. The first-order chi connectivity index (χ1) is 9.96. The molecule has 1 heterocycles. The van der Waals surface area contributed by atoms with Gasteiger partial charge in [-0.1, -0.05) is 30.3 Å². The van der Waals surface area contributed by atoms with Crippen LogP contribution in [0.5, 0.6) is 0 Å². The van der Waals surface area contributed by atoms with E-state index in [1.54, 1.807) is 0 Å². The molecule has 1 saturated heterocycles. The van der Waals surface area contributed by atoms with Gasteiger partial charge in [-0.15, -0.1) is 11.8 Å². The molecule has 116 valence electrons. The summed E-state index contributed by atoms with van der Waals surface area (Å²) in [5, 5.41) is 12.7. The van der Waals surface area contributed by atoms with Crippen molar-refractivity contribution in [2.24, 2.45) is 0 Å². The lowest BCUT2D eigenvalue weighted by molar-refractivity contribution is -0.119. The molecule has 2 atom stereocenters. The molecule has 0 radical (unpaired) electrons. The third kappa shape index (κ3) is 5.33. The summed E-state index contributed by atoms with van der Waals surface area (Å²) in [6.07, 6.45) is -0.110. The minimum absolute atomic E-state index is 0.0377. The van der Waals surface area contributed by atoms with Gasteiger partial charge in [0, 0.05) is 11.8 Å². The molecule has 0 saturated carbocycles. The predicted octanol–water partition coefficient (Wildman–Crippen LogP) is 0.757. The van der Waals surface area contributed by atoms with Crippen LogP contribution in [0.25, 0.3) is 0 Å². The number of carbonyl (C=O) groups excluding carboxylic acids is 1. The van der Waals surface area contributed by atoms with Crippen molar-refractivity contribution in [3.05, 3.63) is 35.9 Å². The SMILES string of the molecule is O=C(CSC[C@@H](O)c1ccccc1)N[C@@H]1CCS(=O)(=O)C1. The van der Waals surface area contributed by atoms with E-state index in [1.165, 1.54) is 11.8 Å². The van der Waals surface area contributed by atoms with Crippen molar-refractivity contribution in [2.45, 2.75) is 18.6 Å². The summed E-state index contributed by atoms with van der Waals surface area (Å²) < 4.78 is 22.6. The van der Waals surface area contributed by atoms with Gasteiger partial charge in [0.1, 0.15) is 0 Å². The van der Waals surface area contributed by atoms with Crippen LogP contribution in [0.4, 0.5) is 0 Å². The van der Waals surface area contributed by atoms with E-state index >= 15 is 0 Å². The molecule has 0 bridgehead atoms. The Hall–Kier alpha value is -1.05. The van der Waals surface area contributed by atoms with Crippen molar-refractivity contribution in [2.75, 3.05) is 23.0 Å². The maximum Gasteiger partial charge on any atom is 0.230 e. The van der Waals surface area contributed by atoms with E-state index in [2.05, 4.69) is 5.32 Å². The number of hydrogen-bond acceptors (Lipinski definition) is 5. The minimum Gasteiger partial charge on any atom is -0.388 e. The van der Waals surface area contributed by atoms with Gasteiger partial charge in [0.05, 0.1) is 23.4 Å². The largest absolute Gasteiger partial charge is 0.388 e. The minimum atomic E-state index is -2.97. The van der Waals surface area contributed by atoms with Crippen LogP contribution < -0.4 is 5.32 Å². The van der Waals surface area contributed by atoms with Crippen LogP contribution in [0, 0.1) is 0 Å². The van der Waals surface area contributed by atoms with Gasteiger partial charge >= 0.3 is 0 Å². The van der Waals surface area contributed by atoms with Crippen molar-refractivity contribution in [3.8, 4) is 0 Å². The van der Waals surface area contributed by atoms with Crippen LogP contribution in [0.1, 0.15) is 18.1 Å². The Morgan fingerprint density at radius 1 is 1.38 bits per heavy atom. The van der Waals surface area contributed by atoms with E-state index in [-0.39, 0.29) is 29.2 Å². The normalized spacial score (nSPS) is 21.9. The van der Waals surface area contributed by atoms with Gasteiger partial charge in [-0.05, 0) is 12.0 Å². The molecule has 1 fully saturated rings. The average molecular weight is 329 g/mol. The van der Waals surface area contributed by atoms with E-state index in [0.29, 0.717) is 12.2 Å². The van der Waals surface area contributed by atoms with Gasteiger partial charge < -0.3 is 10.4 Å². The number of amides is 1. The molecule has 5 nitrogen and oxygen atoms in total. The Morgan fingerprint density at radius 2 is 2.10 bits per heavy atom. The van der Waals surface area contributed by atoms with Crippen LogP contribution in [-0.2, 0) is 14.6 Å². The zero-order valence-electron chi connectivity index (χ0n) is 11.6. The smallest absolute Gasteiger partial charge is 0.230 e. The monoisotopic (exact) mass is 329 g/mol. The highest BCUT2D eigenvalue weighted by molar-refractivity contribution is 7.99. The van der Waals surface area contributed by atoms with Crippen LogP contribution in [0.15, 0.2) is 30.3 Å². The maximum atomic E-state index is 11.7. The van der Waals surface area contributed by atoms with E-state index in [4.69, 9.17) is 0 Å². The summed E-state index contributed by atoms with van der Waals surface area (Å²) in [7, 11) is -2.97. The second kappa shape index (κ2) is 7.29. The molecule has 1 aromatic carbocycles. The molecule has 1 amide bonds. The highest BCUT2D eigenvalue weighted by atomic mass is 32.2. The molecule has 0 aliphatic carbocycles. The van der Waals surface area contributed by atoms with Crippen LogP contribution in [0.3, 0.4) is 0 Å². The fraction of sp³-hybridized carbons (Fsp3) is 0.500. The third-order valence-electron chi connectivity index (χ3n) is 3.29. The van der Waals surface area contributed by atoms with Crippen LogP contribution in [0.2, 0.25) is 0 Å². The van der Waals surface area contributed by atoms with Gasteiger partial charge in [-0.2, -0.15) is 0 Å². The third-order valence-corrected chi connectivity index (χ3v) is 6.08. The summed E-state index contributed by atoms with van der Waals surface area (Å²) in [6, 6.07) is 9.02. The summed E-state index contributed by atoms with van der Waals surface area (Å²) in [4.78, 5) is 11.7. The Bertz CT molecular complexity index is 574. The number of nitrogens with one attached hydrogen (secondary N) is 1. The summed E-state index contributed by atoms with van der Waals surface area (Å²) in [6.45, 7) is 0. The fourth-order valence-corrected chi connectivity index (χ4v) is 4.69. The lowest BCUT2D eigenvalue weighted by Gasteiger charge is -2.12. The van der Waals surface area contributed by atoms with E-state index in [0.717, 1.165) is 5.56 Å². The molecule has 0 aromatic heterocycles. The lowest BCUT2D eigenvalue weighted by Crippen LogP contribution is -2.36. The maximum absolute atomic E-state index is 11.7. The van der Waals surface area contributed by atoms with Gasteiger partial charge in [-0.25, -0.2) is 8.42 Å². The highest BCUT2D eigenvalue weighted by Gasteiger charge is 2.28.